The van der Waals surface area contributed by atoms with Gasteiger partial charge in [0, 0.05) is 11.1 Å². The number of piperidine rings is 1. The molecule has 0 aromatic rings. The van der Waals surface area contributed by atoms with Gasteiger partial charge in [-0.2, -0.15) is 0 Å². The van der Waals surface area contributed by atoms with E-state index in [1.807, 2.05) is 4.90 Å². The number of hydrogen-bond acceptors (Lipinski definition) is 1. The molecule has 1 heterocycles. The van der Waals surface area contributed by atoms with Crippen LogP contribution in [0.4, 0.5) is 0 Å². The molecule has 0 aliphatic carbocycles. The summed E-state index contributed by atoms with van der Waals surface area (Å²) >= 11 is 0. The van der Waals surface area contributed by atoms with Gasteiger partial charge >= 0.3 is 0 Å². The first-order valence-corrected chi connectivity index (χ1v) is 5.28. The first-order valence-electron chi connectivity index (χ1n) is 5.28. The van der Waals surface area contributed by atoms with Crippen LogP contribution in [0, 0.1) is 0 Å². The lowest BCUT2D eigenvalue weighted by Crippen LogP contribution is -2.60. The molecule has 1 saturated heterocycles. The Kier molecular flexibility index (Phi) is 2.75. The fraction of sp³-hybridized carbons (Fsp3) is 0.750. The molecule has 0 radical (unpaired) electrons. The first kappa shape index (κ1) is 11.3. The summed E-state index contributed by atoms with van der Waals surface area (Å²) in [6.45, 7) is 12.1. The summed E-state index contributed by atoms with van der Waals surface area (Å²) in [6, 6.07) is 0. The molecular formula is C12H21NO. The van der Waals surface area contributed by atoms with Crippen LogP contribution in [0.25, 0.3) is 0 Å². The van der Waals surface area contributed by atoms with E-state index in [1.54, 1.807) is 0 Å². The van der Waals surface area contributed by atoms with Gasteiger partial charge in [-0.25, -0.2) is 0 Å². The molecule has 1 amide bonds. The van der Waals surface area contributed by atoms with Crippen LogP contribution >= 0.6 is 0 Å². The van der Waals surface area contributed by atoms with E-state index in [1.165, 1.54) is 12.5 Å². The summed E-state index contributed by atoms with van der Waals surface area (Å²) in [5.41, 5.74) is -0.0694. The maximum absolute atomic E-state index is 11.8. The maximum atomic E-state index is 11.8. The minimum atomic E-state index is -0.0347. The van der Waals surface area contributed by atoms with Gasteiger partial charge in [0.1, 0.15) is 0 Å². The van der Waals surface area contributed by atoms with Gasteiger partial charge < -0.3 is 4.90 Å². The second-order valence-electron chi connectivity index (χ2n) is 5.36. The predicted octanol–water partition coefficient (Wildman–Crippen LogP) is 2.74. The van der Waals surface area contributed by atoms with Gasteiger partial charge in [0.2, 0.25) is 5.91 Å². The minimum Gasteiger partial charge on any atom is -0.329 e. The van der Waals surface area contributed by atoms with E-state index in [4.69, 9.17) is 0 Å². The van der Waals surface area contributed by atoms with E-state index in [9.17, 15) is 4.79 Å². The van der Waals surface area contributed by atoms with Crippen LogP contribution < -0.4 is 0 Å². The van der Waals surface area contributed by atoms with E-state index in [2.05, 4.69) is 34.3 Å². The Hall–Kier alpha value is -0.790. The third kappa shape index (κ3) is 1.84. The number of amides is 1. The van der Waals surface area contributed by atoms with Gasteiger partial charge in [0.05, 0.1) is 0 Å². The zero-order valence-electron chi connectivity index (χ0n) is 9.76. The van der Waals surface area contributed by atoms with E-state index in [0.29, 0.717) is 0 Å². The third-order valence-corrected chi connectivity index (χ3v) is 3.18. The van der Waals surface area contributed by atoms with Gasteiger partial charge in [0.15, 0.2) is 0 Å². The molecule has 0 bridgehead atoms. The lowest BCUT2D eigenvalue weighted by Gasteiger charge is -2.52. The van der Waals surface area contributed by atoms with Crippen molar-refractivity contribution in [2.45, 2.75) is 58.0 Å². The van der Waals surface area contributed by atoms with E-state index in [0.717, 1.165) is 12.8 Å². The lowest BCUT2D eigenvalue weighted by atomic mass is 9.80. The van der Waals surface area contributed by atoms with Crippen molar-refractivity contribution in [1.82, 2.24) is 4.90 Å². The van der Waals surface area contributed by atoms with Gasteiger partial charge in [-0.1, -0.05) is 6.58 Å². The number of carbonyl (C=O) groups excluding carboxylic acids is 1. The monoisotopic (exact) mass is 195 g/mol. The standard InChI is InChI=1S/C12H21NO/c1-6-10(14)13-11(2,3)8-7-9-12(13,4)5/h6H,1,7-9H2,2-5H3. The van der Waals surface area contributed by atoms with Gasteiger partial charge in [0.25, 0.3) is 0 Å². The van der Waals surface area contributed by atoms with Crippen molar-refractivity contribution in [2.24, 2.45) is 0 Å². The molecule has 2 nitrogen and oxygen atoms in total. The fourth-order valence-corrected chi connectivity index (χ4v) is 2.68. The highest BCUT2D eigenvalue weighted by atomic mass is 16.2. The molecule has 14 heavy (non-hydrogen) atoms. The highest BCUT2D eigenvalue weighted by Crippen LogP contribution is 2.38. The smallest absolute Gasteiger partial charge is 0.246 e. The van der Waals surface area contributed by atoms with Gasteiger partial charge in [-0.15, -0.1) is 0 Å². The summed E-state index contributed by atoms with van der Waals surface area (Å²) in [7, 11) is 0. The quantitative estimate of drug-likeness (QED) is 0.589. The van der Waals surface area contributed by atoms with Crippen molar-refractivity contribution in [1.29, 1.82) is 0 Å². The molecule has 1 fully saturated rings. The highest BCUT2D eigenvalue weighted by molar-refractivity contribution is 5.88. The average molecular weight is 195 g/mol. The molecule has 1 rings (SSSR count). The lowest BCUT2D eigenvalue weighted by molar-refractivity contribution is -0.143. The highest BCUT2D eigenvalue weighted by Gasteiger charge is 2.42. The fourth-order valence-electron chi connectivity index (χ4n) is 2.68. The van der Waals surface area contributed by atoms with Crippen LogP contribution in [0.1, 0.15) is 47.0 Å². The van der Waals surface area contributed by atoms with Gasteiger partial charge in [-0.05, 0) is 53.0 Å². The second-order valence-corrected chi connectivity index (χ2v) is 5.36. The zero-order chi connectivity index (χ0) is 11.0. The van der Waals surface area contributed by atoms with E-state index < -0.39 is 0 Å². The molecule has 0 aromatic carbocycles. The summed E-state index contributed by atoms with van der Waals surface area (Å²) < 4.78 is 0. The molecule has 2 heteroatoms. The Bertz CT molecular complexity index is 237. The van der Waals surface area contributed by atoms with Crippen LogP contribution in [-0.4, -0.2) is 21.9 Å². The minimum absolute atomic E-state index is 0.0347. The van der Waals surface area contributed by atoms with Crippen molar-refractivity contribution in [3.05, 3.63) is 12.7 Å². The van der Waals surface area contributed by atoms with Crippen molar-refractivity contribution in [3.8, 4) is 0 Å². The topological polar surface area (TPSA) is 20.3 Å². The van der Waals surface area contributed by atoms with Crippen LogP contribution in [0.15, 0.2) is 12.7 Å². The average Bonchev–Trinajstić information content (AvgIpc) is 2.00. The molecule has 1 aliphatic rings. The maximum Gasteiger partial charge on any atom is 0.246 e. The number of rotatable bonds is 1. The van der Waals surface area contributed by atoms with Crippen LogP contribution in [-0.2, 0) is 4.79 Å². The molecule has 0 atom stereocenters. The summed E-state index contributed by atoms with van der Waals surface area (Å²) in [5.74, 6) is 0.0553. The normalized spacial score (nSPS) is 24.4. The first-order chi connectivity index (χ1) is 6.31. The molecule has 0 spiro atoms. The van der Waals surface area contributed by atoms with Crippen LogP contribution in [0.3, 0.4) is 0 Å². The molecule has 0 aromatic heterocycles. The Morgan fingerprint density at radius 1 is 1.21 bits per heavy atom. The van der Waals surface area contributed by atoms with E-state index in [-0.39, 0.29) is 17.0 Å². The number of carbonyl (C=O) groups is 1. The Labute approximate surface area is 87.0 Å². The summed E-state index contributed by atoms with van der Waals surface area (Å²) in [6.07, 6.45) is 4.78. The molecule has 0 unspecified atom stereocenters. The summed E-state index contributed by atoms with van der Waals surface area (Å²) in [4.78, 5) is 13.8. The molecule has 0 N–H and O–H groups in total. The largest absolute Gasteiger partial charge is 0.329 e. The SMILES string of the molecule is C=CC(=O)N1C(C)(C)CCCC1(C)C. The van der Waals surface area contributed by atoms with Gasteiger partial charge in [-0.3, -0.25) is 4.79 Å². The Morgan fingerprint density at radius 3 is 2.00 bits per heavy atom. The predicted molar refractivity (Wildman–Crippen MR) is 59.1 cm³/mol. The van der Waals surface area contributed by atoms with Crippen LogP contribution in [0.2, 0.25) is 0 Å². The Morgan fingerprint density at radius 2 is 1.64 bits per heavy atom. The second kappa shape index (κ2) is 3.41. The van der Waals surface area contributed by atoms with Crippen molar-refractivity contribution >= 4 is 5.91 Å². The van der Waals surface area contributed by atoms with Crippen molar-refractivity contribution < 1.29 is 4.79 Å². The molecular weight excluding hydrogens is 174 g/mol. The number of hydrogen-bond donors (Lipinski definition) is 0. The third-order valence-electron chi connectivity index (χ3n) is 3.18. The van der Waals surface area contributed by atoms with Crippen molar-refractivity contribution in [2.75, 3.05) is 0 Å². The molecule has 0 saturated carbocycles. The molecule has 80 valence electrons. The number of likely N-dealkylation sites (tertiary alicyclic amines) is 1. The zero-order valence-corrected chi connectivity index (χ0v) is 9.76. The molecule has 1 aliphatic heterocycles. The van der Waals surface area contributed by atoms with Crippen LogP contribution in [0.5, 0.6) is 0 Å². The summed E-state index contributed by atoms with van der Waals surface area (Å²) in [5, 5.41) is 0. The van der Waals surface area contributed by atoms with E-state index >= 15 is 0 Å². The Balaban J connectivity index is 3.03. The van der Waals surface area contributed by atoms with Crippen molar-refractivity contribution in [3.63, 3.8) is 0 Å². The number of nitrogens with zero attached hydrogens (tertiary/aromatic N) is 1.